The first-order valence-electron chi connectivity index (χ1n) is 7.71. The second kappa shape index (κ2) is 5.90. The molecular formula is C19H23NO. The molecule has 0 bridgehead atoms. The SMILES string of the molecule is Cc1ccc(CC(N)c2cccc3c2OCCC3)cc1C. The van der Waals surface area contributed by atoms with E-state index in [0.717, 1.165) is 37.2 Å². The van der Waals surface area contributed by atoms with E-state index in [-0.39, 0.29) is 6.04 Å². The molecule has 0 spiro atoms. The lowest BCUT2D eigenvalue weighted by Gasteiger charge is -2.23. The number of hydrogen-bond acceptors (Lipinski definition) is 2. The van der Waals surface area contributed by atoms with Crippen LogP contribution in [0.25, 0.3) is 0 Å². The molecule has 0 saturated heterocycles. The Hall–Kier alpha value is -1.80. The van der Waals surface area contributed by atoms with Gasteiger partial charge in [0.1, 0.15) is 5.75 Å². The van der Waals surface area contributed by atoms with E-state index in [1.54, 1.807) is 0 Å². The van der Waals surface area contributed by atoms with Crippen molar-refractivity contribution in [2.75, 3.05) is 6.61 Å². The summed E-state index contributed by atoms with van der Waals surface area (Å²) in [5.74, 6) is 1.03. The Morgan fingerprint density at radius 2 is 2.00 bits per heavy atom. The van der Waals surface area contributed by atoms with Crippen LogP contribution in [-0.2, 0) is 12.8 Å². The summed E-state index contributed by atoms with van der Waals surface area (Å²) in [5.41, 5.74) is 12.8. The molecule has 3 rings (SSSR count). The maximum atomic E-state index is 6.46. The third kappa shape index (κ3) is 2.96. The highest BCUT2D eigenvalue weighted by molar-refractivity contribution is 5.45. The predicted octanol–water partition coefficient (Wildman–Crippen LogP) is 3.87. The fraction of sp³-hybridized carbons (Fsp3) is 0.368. The molecule has 1 atom stereocenters. The van der Waals surface area contributed by atoms with Gasteiger partial charge in [0, 0.05) is 11.6 Å². The summed E-state index contributed by atoms with van der Waals surface area (Å²) in [6.45, 7) is 5.10. The van der Waals surface area contributed by atoms with Gasteiger partial charge >= 0.3 is 0 Å². The number of hydrogen-bond donors (Lipinski definition) is 1. The summed E-state index contributed by atoms with van der Waals surface area (Å²) in [5, 5.41) is 0. The minimum Gasteiger partial charge on any atom is -0.493 e. The maximum absolute atomic E-state index is 6.46. The largest absolute Gasteiger partial charge is 0.493 e. The molecule has 1 aliphatic rings. The highest BCUT2D eigenvalue weighted by atomic mass is 16.5. The first-order valence-corrected chi connectivity index (χ1v) is 7.71. The van der Waals surface area contributed by atoms with E-state index < -0.39 is 0 Å². The molecule has 1 heterocycles. The maximum Gasteiger partial charge on any atom is 0.127 e. The number of nitrogens with two attached hydrogens (primary N) is 1. The fourth-order valence-electron chi connectivity index (χ4n) is 3.00. The lowest BCUT2D eigenvalue weighted by atomic mass is 9.93. The van der Waals surface area contributed by atoms with E-state index in [1.807, 2.05) is 0 Å². The molecule has 0 saturated carbocycles. The molecular weight excluding hydrogens is 258 g/mol. The zero-order valence-electron chi connectivity index (χ0n) is 12.9. The first kappa shape index (κ1) is 14.2. The summed E-state index contributed by atoms with van der Waals surface area (Å²) in [6.07, 6.45) is 3.04. The molecule has 0 aliphatic carbocycles. The minimum absolute atomic E-state index is 0.0137. The summed E-state index contributed by atoms with van der Waals surface area (Å²) in [6, 6.07) is 12.9. The van der Waals surface area contributed by atoms with Gasteiger partial charge in [0.05, 0.1) is 6.61 Å². The fourth-order valence-corrected chi connectivity index (χ4v) is 3.00. The number of ether oxygens (including phenoxy) is 1. The molecule has 21 heavy (non-hydrogen) atoms. The highest BCUT2D eigenvalue weighted by Gasteiger charge is 2.18. The zero-order chi connectivity index (χ0) is 14.8. The third-order valence-electron chi connectivity index (χ3n) is 4.39. The summed E-state index contributed by atoms with van der Waals surface area (Å²) < 4.78 is 5.88. The molecule has 2 aromatic rings. The number of aryl methyl sites for hydroxylation is 3. The third-order valence-corrected chi connectivity index (χ3v) is 4.39. The Bertz CT molecular complexity index is 648. The number of fused-ring (bicyclic) bond motifs is 1. The van der Waals surface area contributed by atoms with Crippen molar-refractivity contribution >= 4 is 0 Å². The second-order valence-electron chi connectivity index (χ2n) is 6.02. The van der Waals surface area contributed by atoms with Crippen molar-refractivity contribution in [1.82, 2.24) is 0 Å². The standard InChI is InChI=1S/C19H23NO/c1-13-8-9-15(11-14(13)2)12-18(20)17-7-3-5-16-6-4-10-21-19(16)17/h3,5,7-9,11,18H,4,6,10,12,20H2,1-2H3. The van der Waals surface area contributed by atoms with Crippen LogP contribution in [0.15, 0.2) is 36.4 Å². The highest BCUT2D eigenvalue weighted by Crippen LogP contribution is 2.33. The van der Waals surface area contributed by atoms with Crippen molar-refractivity contribution < 1.29 is 4.74 Å². The molecule has 2 N–H and O–H groups in total. The summed E-state index contributed by atoms with van der Waals surface area (Å²) in [4.78, 5) is 0. The summed E-state index contributed by atoms with van der Waals surface area (Å²) in [7, 11) is 0. The Morgan fingerprint density at radius 3 is 2.81 bits per heavy atom. The Kier molecular flexibility index (Phi) is 3.98. The van der Waals surface area contributed by atoms with Crippen LogP contribution in [0.5, 0.6) is 5.75 Å². The molecule has 0 fully saturated rings. The van der Waals surface area contributed by atoms with Gasteiger partial charge in [0.2, 0.25) is 0 Å². The molecule has 2 aromatic carbocycles. The zero-order valence-corrected chi connectivity index (χ0v) is 12.9. The van der Waals surface area contributed by atoms with E-state index in [0.29, 0.717) is 0 Å². The average Bonchev–Trinajstić information content (AvgIpc) is 2.50. The van der Waals surface area contributed by atoms with Crippen LogP contribution in [0.3, 0.4) is 0 Å². The van der Waals surface area contributed by atoms with E-state index in [1.165, 1.54) is 22.3 Å². The molecule has 110 valence electrons. The van der Waals surface area contributed by atoms with Gasteiger partial charge in [-0.2, -0.15) is 0 Å². The minimum atomic E-state index is -0.0137. The van der Waals surface area contributed by atoms with Crippen molar-refractivity contribution in [3.8, 4) is 5.75 Å². The lowest BCUT2D eigenvalue weighted by Crippen LogP contribution is -2.18. The molecule has 2 heteroatoms. The molecule has 1 unspecified atom stereocenters. The van der Waals surface area contributed by atoms with Crippen molar-refractivity contribution in [3.05, 3.63) is 64.2 Å². The van der Waals surface area contributed by atoms with Gasteiger partial charge in [-0.05, 0) is 55.4 Å². The van der Waals surface area contributed by atoms with Gasteiger partial charge in [-0.15, -0.1) is 0 Å². The van der Waals surface area contributed by atoms with Crippen LogP contribution >= 0.6 is 0 Å². The Balaban J connectivity index is 1.85. The average molecular weight is 281 g/mol. The molecule has 2 nitrogen and oxygen atoms in total. The van der Waals surface area contributed by atoms with E-state index in [4.69, 9.17) is 10.5 Å². The second-order valence-corrected chi connectivity index (χ2v) is 6.02. The molecule has 0 aromatic heterocycles. The van der Waals surface area contributed by atoms with Crippen molar-refractivity contribution in [2.24, 2.45) is 5.73 Å². The number of rotatable bonds is 3. The van der Waals surface area contributed by atoms with Crippen LogP contribution in [0.4, 0.5) is 0 Å². The van der Waals surface area contributed by atoms with Crippen LogP contribution < -0.4 is 10.5 Å². The summed E-state index contributed by atoms with van der Waals surface area (Å²) >= 11 is 0. The normalized spacial score (nSPS) is 15.2. The topological polar surface area (TPSA) is 35.2 Å². The van der Waals surface area contributed by atoms with Crippen LogP contribution in [0, 0.1) is 13.8 Å². The quantitative estimate of drug-likeness (QED) is 0.927. The van der Waals surface area contributed by atoms with Gasteiger partial charge in [0.25, 0.3) is 0 Å². The van der Waals surface area contributed by atoms with Gasteiger partial charge in [-0.25, -0.2) is 0 Å². The lowest BCUT2D eigenvalue weighted by molar-refractivity contribution is 0.283. The Labute approximate surface area is 126 Å². The first-order chi connectivity index (χ1) is 10.1. The van der Waals surface area contributed by atoms with Crippen molar-refractivity contribution in [3.63, 3.8) is 0 Å². The van der Waals surface area contributed by atoms with E-state index in [9.17, 15) is 0 Å². The van der Waals surface area contributed by atoms with Crippen molar-refractivity contribution in [1.29, 1.82) is 0 Å². The van der Waals surface area contributed by atoms with Gasteiger partial charge in [-0.3, -0.25) is 0 Å². The predicted molar refractivity (Wildman–Crippen MR) is 86.8 cm³/mol. The van der Waals surface area contributed by atoms with Crippen LogP contribution in [0.2, 0.25) is 0 Å². The van der Waals surface area contributed by atoms with E-state index >= 15 is 0 Å². The molecule has 0 radical (unpaired) electrons. The molecule has 0 amide bonds. The van der Waals surface area contributed by atoms with Crippen molar-refractivity contribution in [2.45, 2.75) is 39.2 Å². The van der Waals surface area contributed by atoms with Gasteiger partial charge in [0.15, 0.2) is 0 Å². The molecule has 1 aliphatic heterocycles. The van der Waals surface area contributed by atoms with Crippen LogP contribution in [-0.4, -0.2) is 6.61 Å². The number of para-hydroxylation sites is 1. The smallest absolute Gasteiger partial charge is 0.127 e. The van der Waals surface area contributed by atoms with Gasteiger partial charge < -0.3 is 10.5 Å². The van der Waals surface area contributed by atoms with Crippen LogP contribution in [0.1, 0.15) is 40.3 Å². The van der Waals surface area contributed by atoms with Gasteiger partial charge in [-0.1, -0.05) is 36.4 Å². The Morgan fingerprint density at radius 1 is 1.14 bits per heavy atom. The van der Waals surface area contributed by atoms with E-state index in [2.05, 4.69) is 50.2 Å². The monoisotopic (exact) mass is 281 g/mol. The number of benzene rings is 2.